The summed E-state index contributed by atoms with van der Waals surface area (Å²) < 4.78 is 0. The molecule has 0 aromatic rings. The van der Waals surface area contributed by atoms with Gasteiger partial charge in [-0.05, 0) is 12.2 Å². The average Bonchev–Trinajstić information content (AvgIpc) is 1.97. The molecule has 0 radical (unpaired) electrons. The topological polar surface area (TPSA) is 17.1 Å². The van der Waals surface area contributed by atoms with E-state index in [9.17, 15) is 4.79 Å². The lowest BCUT2D eigenvalue weighted by molar-refractivity contribution is -0.111. The van der Waals surface area contributed by atoms with E-state index in [0.717, 1.165) is 0 Å². The van der Waals surface area contributed by atoms with E-state index >= 15 is 0 Å². The fraction of sp³-hybridized carbons (Fsp3) is 0.300. The second-order valence-corrected chi connectivity index (χ2v) is 3.66. The summed E-state index contributed by atoms with van der Waals surface area (Å²) in [6.07, 6.45) is 7.01. The average molecular weight is 183 g/mol. The molecule has 0 fully saturated rings. The van der Waals surface area contributed by atoms with Gasteiger partial charge in [0.15, 0.2) is 5.78 Å². The highest BCUT2D eigenvalue weighted by molar-refractivity contribution is 6.26. The largest absolute Gasteiger partial charge is 0.289 e. The van der Waals surface area contributed by atoms with Gasteiger partial charge in [0, 0.05) is 16.5 Å². The zero-order valence-electron chi connectivity index (χ0n) is 7.17. The van der Waals surface area contributed by atoms with Gasteiger partial charge in [0.1, 0.15) is 0 Å². The fourth-order valence-electron chi connectivity index (χ4n) is 1.10. The van der Waals surface area contributed by atoms with Crippen LogP contribution in [0.1, 0.15) is 13.8 Å². The number of carbonyl (C=O) groups is 1. The third-order valence-electron chi connectivity index (χ3n) is 1.72. The van der Waals surface area contributed by atoms with Gasteiger partial charge in [-0.1, -0.05) is 37.6 Å². The monoisotopic (exact) mass is 182 g/mol. The van der Waals surface area contributed by atoms with Crippen LogP contribution in [0.25, 0.3) is 0 Å². The van der Waals surface area contributed by atoms with Gasteiger partial charge in [0.2, 0.25) is 0 Å². The molecule has 0 saturated heterocycles. The molecule has 64 valence electrons. The van der Waals surface area contributed by atoms with Crippen molar-refractivity contribution in [2.24, 2.45) is 5.41 Å². The van der Waals surface area contributed by atoms with Crippen molar-refractivity contribution in [2.75, 3.05) is 0 Å². The Labute approximate surface area is 77.4 Å². The van der Waals surface area contributed by atoms with Crippen LogP contribution in [0.3, 0.4) is 0 Å². The predicted octanol–water partition coefficient (Wildman–Crippen LogP) is 2.83. The molecule has 12 heavy (non-hydrogen) atoms. The van der Waals surface area contributed by atoms with Crippen LogP contribution < -0.4 is 0 Å². The molecule has 1 aliphatic rings. The van der Waals surface area contributed by atoms with Gasteiger partial charge in [-0.2, -0.15) is 0 Å². The highest BCUT2D eigenvalue weighted by Crippen LogP contribution is 2.26. The predicted molar refractivity (Wildman–Crippen MR) is 51.0 cm³/mol. The zero-order chi connectivity index (χ0) is 9.19. The maximum Gasteiger partial charge on any atom is 0.185 e. The molecule has 0 spiro atoms. The molecule has 0 aromatic heterocycles. The van der Waals surface area contributed by atoms with Gasteiger partial charge < -0.3 is 0 Å². The first-order valence-electron chi connectivity index (χ1n) is 3.78. The molecule has 1 aliphatic carbocycles. The third-order valence-corrected chi connectivity index (χ3v) is 1.84. The minimum atomic E-state index is -0.0420. The summed E-state index contributed by atoms with van der Waals surface area (Å²) in [5.41, 5.74) is 1.98. The van der Waals surface area contributed by atoms with Crippen LogP contribution in [0.15, 0.2) is 35.4 Å². The maximum absolute atomic E-state index is 11.2. The molecule has 1 rings (SSSR count). The van der Waals surface area contributed by atoms with Gasteiger partial charge in [0.05, 0.1) is 0 Å². The molecule has 0 aromatic carbocycles. The summed E-state index contributed by atoms with van der Waals surface area (Å²) in [5, 5.41) is 0. The zero-order valence-corrected chi connectivity index (χ0v) is 7.93. The van der Waals surface area contributed by atoms with E-state index < -0.39 is 0 Å². The summed E-state index contributed by atoms with van der Waals surface area (Å²) in [7, 11) is 0. The van der Waals surface area contributed by atoms with Crippen molar-refractivity contribution in [2.45, 2.75) is 13.8 Å². The third kappa shape index (κ3) is 2.08. The molecule has 0 atom stereocenters. The molecule has 2 heteroatoms. The van der Waals surface area contributed by atoms with Crippen molar-refractivity contribution >= 4 is 17.4 Å². The Kier molecular flexibility index (Phi) is 2.53. The highest BCUT2D eigenvalue weighted by atomic mass is 35.5. The van der Waals surface area contributed by atoms with E-state index in [1.165, 1.54) is 5.54 Å². The van der Waals surface area contributed by atoms with E-state index in [1.807, 2.05) is 26.0 Å². The minimum Gasteiger partial charge on any atom is -0.289 e. The van der Waals surface area contributed by atoms with E-state index in [2.05, 4.69) is 0 Å². The summed E-state index contributed by atoms with van der Waals surface area (Å²) >= 11 is 5.40. The van der Waals surface area contributed by atoms with Gasteiger partial charge >= 0.3 is 0 Å². The first-order valence-corrected chi connectivity index (χ1v) is 4.22. The first-order chi connectivity index (χ1) is 5.55. The molecule has 0 amide bonds. The van der Waals surface area contributed by atoms with Crippen molar-refractivity contribution in [1.82, 2.24) is 0 Å². The maximum atomic E-state index is 11.2. The number of hydrogen-bond donors (Lipinski definition) is 0. The van der Waals surface area contributed by atoms with Gasteiger partial charge in [0.25, 0.3) is 0 Å². The van der Waals surface area contributed by atoms with Crippen LogP contribution in [0, 0.1) is 5.41 Å². The van der Waals surface area contributed by atoms with Gasteiger partial charge in [-0.3, -0.25) is 4.79 Å². The lowest BCUT2D eigenvalue weighted by Gasteiger charge is -2.19. The van der Waals surface area contributed by atoms with Crippen LogP contribution in [0.5, 0.6) is 0 Å². The Balaban J connectivity index is 2.98. The quantitative estimate of drug-likeness (QED) is 0.610. The fourth-order valence-corrected chi connectivity index (χ4v) is 1.24. The molecule has 1 nitrogen and oxygen atoms in total. The van der Waals surface area contributed by atoms with E-state index in [0.29, 0.717) is 5.57 Å². The minimum absolute atomic E-state index is 0.0197. The summed E-state index contributed by atoms with van der Waals surface area (Å²) in [6, 6.07) is 0. The second-order valence-electron chi connectivity index (χ2n) is 3.41. The number of carbonyl (C=O) groups excluding carboxylic acids is 1. The van der Waals surface area contributed by atoms with Crippen LogP contribution in [0.2, 0.25) is 0 Å². The Bertz CT molecular complexity index is 282. The van der Waals surface area contributed by atoms with Crippen molar-refractivity contribution < 1.29 is 4.79 Å². The van der Waals surface area contributed by atoms with Gasteiger partial charge in [-0.25, -0.2) is 0 Å². The lowest BCUT2D eigenvalue weighted by Crippen LogP contribution is -2.12. The molecule has 0 heterocycles. The molecular formula is C10H11ClO. The van der Waals surface area contributed by atoms with E-state index in [1.54, 1.807) is 12.2 Å². The number of ketones is 1. The number of hydrogen-bond acceptors (Lipinski definition) is 1. The number of halogens is 1. The van der Waals surface area contributed by atoms with Crippen molar-refractivity contribution in [1.29, 1.82) is 0 Å². The summed E-state index contributed by atoms with van der Waals surface area (Å²) in [5.74, 6) is 0.0197. The normalized spacial score (nSPS) is 21.6. The summed E-state index contributed by atoms with van der Waals surface area (Å²) in [6.45, 7) is 4.08. The molecule has 0 N–H and O–H groups in total. The molecule has 0 bridgehead atoms. The Morgan fingerprint density at radius 2 is 2.17 bits per heavy atom. The van der Waals surface area contributed by atoms with Crippen molar-refractivity contribution in [3.05, 3.63) is 35.4 Å². The van der Waals surface area contributed by atoms with E-state index in [4.69, 9.17) is 11.6 Å². The Hall–Kier alpha value is -0.820. The van der Waals surface area contributed by atoms with Crippen molar-refractivity contribution in [3.63, 3.8) is 0 Å². The summed E-state index contributed by atoms with van der Waals surface area (Å²) in [4.78, 5) is 11.2. The Morgan fingerprint density at radius 1 is 1.50 bits per heavy atom. The molecule has 0 saturated carbocycles. The van der Waals surface area contributed by atoms with Crippen molar-refractivity contribution in [3.8, 4) is 0 Å². The molecular weight excluding hydrogens is 172 g/mol. The SMILES string of the molecule is CC1(C)C=CC(=O)C(C=CCl)=C1. The van der Waals surface area contributed by atoms with Crippen LogP contribution in [-0.4, -0.2) is 5.78 Å². The Morgan fingerprint density at radius 3 is 2.75 bits per heavy atom. The van der Waals surface area contributed by atoms with Crippen LogP contribution in [-0.2, 0) is 4.79 Å². The standard InChI is InChI=1S/C10H11ClO/c1-10(2)5-3-9(12)8(7-10)4-6-11/h3-7H,1-2H3. The smallest absolute Gasteiger partial charge is 0.185 e. The van der Waals surface area contributed by atoms with E-state index in [-0.39, 0.29) is 11.2 Å². The number of allylic oxidation sites excluding steroid dienone is 5. The molecule has 0 unspecified atom stereocenters. The molecule has 0 aliphatic heterocycles. The van der Waals surface area contributed by atoms with Crippen LogP contribution >= 0.6 is 11.6 Å². The number of rotatable bonds is 1. The second kappa shape index (κ2) is 3.28. The lowest BCUT2D eigenvalue weighted by atomic mass is 9.85. The first kappa shape index (κ1) is 9.27. The van der Waals surface area contributed by atoms with Crippen LogP contribution in [0.4, 0.5) is 0 Å². The van der Waals surface area contributed by atoms with Gasteiger partial charge in [-0.15, -0.1) is 0 Å². The highest BCUT2D eigenvalue weighted by Gasteiger charge is 2.18.